The van der Waals surface area contributed by atoms with Crippen LogP contribution in [0.4, 0.5) is 4.39 Å². The molecule has 0 bridgehead atoms. The van der Waals surface area contributed by atoms with E-state index in [1.54, 1.807) is 18.2 Å². The Bertz CT molecular complexity index is 819. The van der Waals surface area contributed by atoms with E-state index in [-0.39, 0.29) is 11.7 Å². The highest BCUT2D eigenvalue weighted by Crippen LogP contribution is 2.11. The maximum absolute atomic E-state index is 12.8. The van der Waals surface area contributed by atoms with Crippen LogP contribution in [-0.4, -0.2) is 22.4 Å². The molecule has 2 aromatic carbocycles. The van der Waals surface area contributed by atoms with Gasteiger partial charge in [0.2, 0.25) is 5.91 Å². The molecule has 0 radical (unpaired) electrons. The number of hydrogen-bond donors (Lipinski definition) is 2. The topological polar surface area (TPSA) is 57.8 Å². The number of aryl methyl sites for hydroxylation is 1. The normalized spacial score (nSPS) is 11.2. The molecule has 0 aliphatic rings. The van der Waals surface area contributed by atoms with E-state index in [0.717, 1.165) is 35.3 Å². The Balaban J connectivity index is 1.42. The van der Waals surface area contributed by atoms with Crippen LogP contribution in [0.5, 0.6) is 0 Å². The summed E-state index contributed by atoms with van der Waals surface area (Å²) in [6.45, 7) is 0.573. The van der Waals surface area contributed by atoms with Crippen LogP contribution in [0.2, 0.25) is 0 Å². The molecule has 4 nitrogen and oxygen atoms in total. The largest absolute Gasteiger partial charge is 0.353 e. The summed E-state index contributed by atoms with van der Waals surface area (Å²) >= 11 is 0. The number of amides is 1. The highest BCUT2D eigenvalue weighted by Gasteiger charge is 2.02. The van der Waals surface area contributed by atoms with Gasteiger partial charge in [0, 0.05) is 19.0 Å². The smallest absolute Gasteiger partial charge is 0.243 e. The molecule has 122 valence electrons. The van der Waals surface area contributed by atoms with Crippen LogP contribution in [0.25, 0.3) is 17.1 Å². The second kappa shape index (κ2) is 7.55. The van der Waals surface area contributed by atoms with Crippen molar-refractivity contribution in [2.75, 3.05) is 6.54 Å². The van der Waals surface area contributed by atoms with Crippen molar-refractivity contribution in [3.63, 3.8) is 0 Å². The molecule has 1 heterocycles. The first-order chi connectivity index (χ1) is 11.7. The number of carbonyl (C=O) groups is 1. The predicted octanol–water partition coefficient (Wildman–Crippen LogP) is 3.46. The lowest BCUT2D eigenvalue weighted by Gasteiger charge is -2.01. The molecule has 0 spiro atoms. The molecule has 0 saturated carbocycles. The Kier molecular flexibility index (Phi) is 5.01. The quantitative estimate of drug-likeness (QED) is 0.539. The lowest BCUT2D eigenvalue weighted by molar-refractivity contribution is -0.116. The Morgan fingerprint density at radius 1 is 1.17 bits per heavy atom. The lowest BCUT2D eigenvalue weighted by Crippen LogP contribution is -2.22. The average molecular weight is 323 g/mol. The van der Waals surface area contributed by atoms with E-state index in [0.29, 0.717) is 6.54 Å². The fourth-order valence-corrected chi connectivity index (χ4v) is 2.40. The number of imidazole rings is 1. The number of halogens is 1. The fourth-order valence-electron chi connectivity index (χ4n) is 2.40. The van der Waals surface area contributed by atoms with Crippen molar-refractivity contribution in [2.45, 2.75) is 12.8 Å². The zero-order valence-electron chi connectivity index (χ0n) is 13.1. The van der Waals surface area contributed by atoms with Gasteiger partial charge in [-0.1, -0.05) is 24.3 Å². The first kappa shape index (κ1) is 15.9. The second-order valence-electron chi connectivity index (χ2n) is 5.48. The van der Waals surface area contributed by atoms with E-state index in [1.165, 1.54) is 18.2 Å². The molecule has 3 aromatic rings. The van der Waals surface area contributed by atoms with Crippen molar-refractivity contribution in [1.82, 2.24) is 15.3 Å². The summed E-state index contributed by atoms with van der Waals surface area (Å²) in [5.41, 5.74) is 2.77. The molecular formula is C19H18FN3O. The molecule has 1 aromatic heterocycles. The van der Waals surface area contributed by atoms with Gasteiger partial charge in [0.25, 0.3) is 0 Å². The van der Waals surface area contributed by atoms with Crippen molar-refractivity contribution in [1.29, 1.82) is 0 Å². The maximum Gasteiger partial charge on any atom is 0.243 e. The van der Waals surface area contributed by atoms with Crippen molar-refractivity contribution in [2.24, 2.45) is 0 Å². The molecule has 0 saturated heterocycles. The van der Waals surface area contributed by atoms with Crippen molar-refractivity contribution in [3.05, 3.63) is 71.8 Å². The third-order valence-corrected chi connectivity index (χ3v) is 3.63. The number of para-hydroxylation sites is 2. The standard InChI is InChI=1S/C19H18FN3O/c20-15-10-7-14(8-11-15)9-12-19(24)21-13-3-6-18-22-16-4-1-2-5-17(16)23-18/h1-2,4-5,7-12H,3,6,13H2,(H,21,24)(H,22,23)/b12-9+. The highest BCUT2D eigenvalue weighted by molar-refractivity contribution is 5.91. The van der Waals surface area contributed by atoms with E-state index < -0.39 is 0 Å². The van der Waals surface area contributed by atoms with Gasteiger partial charge in [0.1, 0.15) is 11.6 Å². The SMILES string of the molecule is O=C(/C=C/c1ccc(F)cc1)NCCCc1nc2ccccc2[nH]1. The lowest BCUT2D eigenvalue weighted by atomic mass is 10.2. The first-order valence-corrected chi connectivity index (χ1v) is 7.86. The third kappa shape index (κ3) is 4.29. The summed E-state index contributed by atoms with van der Waals surface area (Å²) in [6, 6.07) is 13.9. The van der Waals surface area contributed by atoms with E-state index in [9.17, 15) is 9.18 Å². The minimum absolute atomic E-state index is 0.163. The number of carbonyl (C=O) groups excluding carboxylic acids is 1. The van der Waals surface area contributed by atoms with E-state index in [2.05, 4.69) is 15.3 Å². The predicted molar refractivity (Wildman–Crippen MR) is 92.9 cm³/mol. The molecule has 0 fully saturated rings. The first-order valence-electron chi connectivity index (χ1n) is 7.86. The van der Waals surface area contributed by atoms with Crippen LogP contribution in [0, 0.1) is 5.82 Å². The number of aromatic nitrogens is 2. The fraction of sp³-hybridized carbons (Fsp3) is 0.158. The summed E-state index contributed by atoms with van der Waals surface area (Å²) in [5.74, 6) is 0.471. The molecule has 1 amide bonds. The molecule has 0 atom stereocenters. The zero-order valence-corrected chi connectivity index (χ0v) is 13.1. The number of fused-ring (bicyclic) bond motifs is 1. The summed E-state index contributed by atoms with van der Waals surface area (Å²) in [7, 11) is 0. The Hall–Kier alpha value is -2.95. The average Bonchev–Trinajstić information content (AvgIpc) is 3.01. The van der Waals surface area contributed by atoms with Crippen LogP contribution in [0.3, 0.4) is 0 Å². The second-order valence-corrected chi connectivity index (χ2v) is 5.48. The summed E-state index contributed by atoms with van der Waals surface area (Å²) < 4.78 is 12.8. The van der Waals surface area contributed by atoms with Crippen LogP contribution in [-0.2, 0) is 11.2 Å². The number of aromatic amines is 1. The van der Waals surface area contributed by atoms with Gasteiger partial charge in [-0.2, -0.15) is 0 Å². The van der Waals surface area contributed by atoms with Crippen molar-refractivity contribution < 1.29 is 9.18 Å². The molecule has 3 rings (SSSR count). The van der Waals surface area contributed by atoms with E-state index in [1.807, 2.05) is 24.3 Å². The Morgan fingerprint density at radius 2 is 1.96 bits per heavy atom. The molecule has 2 N–H and O–H groups in total. The number of hydrogen-bond acceptors (Lipinski definition) is 2. The molecule has 24 heavy (non-hydrogen) atoms. The number of nitrogens with zero attached hydrogens (tertiary/aromatic N) is 1. The Morgan fingerprint density at radius 3 is 2.75 bits per heavy atom. The molecule has 5 heteroatoms. The van der Waals surface area contributed by atoms with Gasteiger partial charge in [-0.25, -0.2) is 9.37 Å². The summed E-state index contributed by atoms with van der Waals surface area (Å²) in [6.07, 6.45) is 4.69. The van der Waals surface area contributed by atoms with Crippen LogP contribution < -0.4 is 5.32 Å². The van der Waals surface area contributed by atoms with Crippen LogP contribution >= 0.6 is 0 Å². The van der Waals surface area contributed by atoms with Crippen molar-refractivity contribution in [3.8, 4) is 0 Å². The monoisotopic (exact) mass is 323 g/mol. The van der Waals surface area contributed by atoms with Gasteiger partial charge in [-0.15, -0.1) is 0 Å². The summed E-state index contributed by atoms with van der Waals surface area (Å²) in [5, 5.41) is 2.83. The maximum atomic E-state index is 12.8. The zero-order chi connectivity index (χ0) is 16.8. The van der Waals surface area contributed by atoms with Gasteiger partial charge in [0.15, 0.2) is 0 Å². The number of rotatable bonds is 6. The van der Waals surface area contributed by atoms with E-state index >= 15 is 0 Å². The van der Waals surface area contributed by atoms with Gasteiger partial charge < -0.3 is 10.3 Å². The Labute approximate surface area is 139 Å². The number of benzene rings is 2. The number of nitrogens with one attached hydrogen (secondary N) is 2. The highest BCUT2D eigenvalue weighted by atomic mass is 19.1. The van der Waals surface area contributed by atoms with Gasteiger partial charge >= 0.3 is 0 Å². The molecule has 0 aliphatic carbocycles. The molecule has 0 unspecified atom stereocenters. The van der Waals surface area contributed by atoms with Gasteiger partial charge in [0.05, 0.1) is 11.0 Å². The van der Waals surface area contributed by atoms with Crippen LogP contribution in [0.1, 0.15) is 17.8 Å². The molecule has 0 aliphatic heterocycles. The van der Waals surface area contributed by atoms with Gasteiger partial charge in [-0.05, 0) is 42.3 Å². The van der Waals surface area contributed by atoms with Crippen LogP contribution in [0.15, 0.2) is 54.6 Å². The van der Waals surface area contributed by atoms with Crippen molar-refractivity contribution >= 4 is 23.0 Å². The molecular weight excluding hydrogens is 305 g/mol. The minimum Gasteiger partial charge on any atom is -0.353 e. The van der Waals surface area contributed by atoms with E-state index in [4.69, 9.17) is 0 Å². The van der Waals surface area contributed by atoms with Gasteiger partial charge in [-0.3, -0.25) is 4.79 Å². The minimum atomic E-state index is -0.290. The third-order valence-electron chi connectivity index (χ3n) is 3.63. The summed E-state index contributed by atoms with van der Waals surface area (Å²) in [4.78, 5) is 19.5. The number of H-pyrrole nitrogens is 1.